The van der Waals surface area contributed by atoms with Gasteiger partial charge in [-0.3, -0.25) is 0 Å². The van der Waals surface area contributed by atoms with Crippen LogP contribution in [0.15, 0.2) is 18.2 Å². The number of benzene rings is 1. The number of anilines is 1. The summed E-state index contributed by atoms with van der Waals surface area (Å²) in [4.78, 5) is 10.4. The van der Waals surface area contributed by atoms with Gasteiger partial charge in [0.05, 0.1) is 16.3 Å². The van der Waals surface area contributed by atoms with Crippen molar-refractivity contribution in [1.29, 1.82) is 0 Å². The van der Waals surface area contributed by atoms with Gasteiger partial charge in [-0.05, 0) is 12.1 Å². The molecule has 0 aliphatic heterocycles. The van der Waals surface area contributed by atoms with Crippen LogP contribution in [-0.4, -0.2) is 11.1 Å². The van der Waals surface area contributed by atoms with Crippen LogP contribution in [0.25, 0.3) is 0 Å². The van der Waals surface area contributed by atoms with E-state index in [-0.39, 0.29) is 28.7 Å². The second-order valence-electron chi connectivity index (χ2n) is 2.01. The smallest absolute Gasteiger partial charge is 0.337 e. The molecule has 3 N–H and O–H groups in total. The van der Waals surface area contributed by atoms with E-state index in [0.29, 0.717) is 0 Å². The Hall–Kier alpha value is -0.930. The van der Waals surface area contributed by atoms with Gasteiger partial charge < -0.3 is 10.8 Å². The van der Waals surface area contributed by atoms with Gasteiger partial charge in [0.2, 0.25) is 0 Å². The summed E-state index contributed by atoms with van der Waals surface area (Å²) in [6.45, 7) is 0. The third kappa shape index (κ3) is 2.03. The topological polar surface area (TPSA) is 63.3 Å². The molecule has 0 aromatic heterocycles. The molecule has 1 aromatic carbocycles. The van der Waals surface area contributed by atoms with Crippen molar-refractivity contribution >= 4 is 35.7 Å². The third-order valence-corrected chi connectivity index (χ3v) is 1.68. The molecule has 0 amide bonds. The van der Waals surface area contributed by atoms with E-state index < -0.39 is 5.97 Å². The van der Waals surface area contributed by atoms with Gasteiger partial charge >= 0.3 is 5.97 Å². The molecule has 3 nitrogen and oxygen atoms in total. The van der Waals surface area contributed by atoms with Crippen LogP contribution in [-0.2, 0) is 0 Å². The zero-order valence-electron chi connectivity index (χ0n) is 5.95. The summed E-state index contributed by atoms with van der Waals surface area (Å²) in [6, 6.07) is 4.50. The van der Waals surface area contributed by atoms with E-state index in [1.54, 1.807) is 12.1 Å². The number of carboxylic acids is 1. The lowest BCUT2D eigenvalue weighted by molar-refractivity contribution is 0.0697. The number of rotatable bonds is 1. The van der Waals surface area contributed by atoms with Gasteiger partial charge in [0, 0.05) is 0 Å². The molecular weight excluding hydrogens is 201 g/mol. The summed E-state index contributed by atoms with van der Waals surface area (Å²) in [7, 11) is 0. The molecule has 1 rings (SSSR count). The van der Waals surface area contributed by atoms with Crippen molar-refractivity contribution in [3.63, 3.8) is 0 Å². The van der Waals surface area contributed by atoms with E-state index >= 15 is 0 Å². The Morgan fingerprint density at radius 2 is 2.08 bits per heavy atom. The molecular formula is C7H7Cl2NO2. The lowest BCUT2D eigenvalue weighted by Crippen LogP contribution is -1.99. The minimum Gasteiger partial charge on any atom is -0.478 e. The zero-order chi connectivity index (χ0) is 8.43. The summed E-state index contributed by atoms with van der Waals surface area (Å²) < 4.78 is 0. The number of hydrogen-bond acceptors (Lipinski definition) is 2. The number of carboxylic acid groups (broad SMARTS) is 1. The van der Waals surface area contributed by atoms with Crippen LogP contribution in [0.3, 0.4) is 0 Å². The van der Waals surface area contributed by atoms with Crippen molar-refractivity contribution in [2.45, 2.75) is 0 Å². The van der Waals surface area contributed by atoms with Crippen molar-refractivity contribution < 1.29 is 9.90 Å². The van der Waals surface area contributed by atoms with Crippen molar-refractivity contribution in [2.24, 2.45) is 0 Å². The Labute approximate surface area is 80.5 Å². The number of halogens is 2. The summed E-state index contributed by atoms with van der Waals surface area (Å²) in [5.41, 5.74) is 5.68. The lowest BCUT2D eigenvalue weighted by Gasteiger charge is -1.99. The highest BCUT2D eigenvalue weighted by molar-refractivity contribution is 6.35. The molecule has 0 spiro atoms. The quantitative estimate of drug-likeness (QED) is 0.694. The van der Waals surface area contributed by atoms with Gasteiger partial charge in [0.25, 0.3) is 0 Å². The van der Waals surface area contributed by atoms with Gasteiger partial charge in [-0.15, -0.1) is 12.4 Å². The normalized spacial score (nSPS) is 8.75. The highest BCUT2D eigenvalue weighted by Gasteiger charge is 2.08. The molecule has 0 saturated heterocycles. The Bertz CT molecular complexity index is 301. The van der Waals surface area contributed by atoms with E-state index in [0.717, 1.165) is 0 Å². The predicted molar refractivity (Wildman–Crippen MR) is 50.1 cm³/mol. The summed E-state index contributed by atoms with van der Waals surface area (Å²) >= 11 is 5.58. The molecule has 0 fully saturated rings. The monoisotopic (exact) mass is 207 g/mol. The van der Waals surface area contributed by atoms with Crippen LogP contribution in [0.5, 0.6) is 0 Å². The zero-order valence-corrected chi connectivity index (χ0v) is 7.52. The number of nitrogens with two attached hydrogens (primary N) is 1. The number of hydrogen-bond donors (Lipinski definition) is 2. The maximum Gasteiger partial charge on any atom is 0.337 e. The van der Waals surface area contributed by atoms with Crippen LogP contribution < -0.4 is 5.73 Å². The largest absolute Gasteiger partial charge is 0.478 e. The molecule has 0 atom stereocenters. The Morgan fingerprint density at radius 3 is 2.50 bits per heavy atom. The molecule has 12 heavy (non-hydrogen) atoms. The first-order valence-electron chi connectivity index (χ1n) is 2.90. The van der Waals surface area contributed by atoms with Crippen LogP contribution >= 0.6 is 24.0 Å². The van der Waals surface area contributed by atoms with Crippen molar-refractivity contribution in [3.8, 4) is 0 Å². The lowest BCUT2D eigenvalue weighted by atomic mass is 10.2. The fourth-order valence-corrected chi connectivity index (χ4v) is 0.922. The third-order valence-electron chi connectivity index (χ3n) is 1.26. The minimum absolute atomic E-state index is 0. The van der Waals surface area contributed by atoms with Crippen LogP contribution in [0.1, 0.15) is 10.4 Å². The second kappa shape index (κ2) is 4.18. The molecule has 0 aliphatic carbocycles. The maximum atomic E-state index is 10.4. The number of nitrogen functional groups attached to an aromatic ring is 1. The Morgan fingerprint density at radius 1 is 1.50 bits per heavy atom. The molecule has 0 saturated carbocycles. The molecule has 66 valence electrons. The van der Waals surface area contributed by atoms with Crippen molar-refractivity contribution in [1.82, 2.24) is 0 Å². The van der Waals surface area contributed by atoms with E-state index in [4.69, 9.17) is 22.4 Å². The molecule has 0 bridgehead atoms. The molecule has 0 aliphatic rings. The first-order chi connectivity index (χ1) is 5.13. The van der Waals surface area contributed by atoms with Gasteiger partial charge in [0.15, 0.2) is 0 Å². The molecule has 0 radical (unpaired) electrons. The predicted octanol–water partition coefficient (Wildman–Crippen LogP) is 2.04. The molecule has 0 unspecified atom stereocenters. The first-order valence-corrected chi connectivity index (χ1v) is 3.28. The average molecular weight is 208 g/mol. The molecule has 5 heteroatoms. The standard InChI is InChI=1S/C7H6ClNO2.ClH/c8-6-4(7(10)11)2-1-3-5(6)9;/h1-3H,9H2,(H,10,11);1H. The SMILES string of the molecule is Cl.Nc1cccc(C(=O)O)c1Cl. The number of carbonyl (C=O) groups is 1. The summed E-state index contributed by atoms with van der Waals surface area (Å²) in [6.07, 6.45) is 0. The van der Waals surface area contributed by atoms with Gasteiger partial charge in [-0.1, -0.05) is 17.7 Å². The summed E-state index contributed by atoms with van der Waals surface area (Å²) in [5.74, 6) is -1.07. The molecule has 1 aromatic rings. The average Bonchev–Trinajstić information content (AvgIpc) is 1.94. The van der Waals surface area contributed by atoms with Crippen LogP contribution in [0.2, 0.25) is 5.02 Å². The van der Waals surface area contributed by atoms with E-state index in [2.05, 4.69) is 0 Å². The maximum absolute atomic E-state index is 10.4. The van der Waals surface area contributed by atoms with Crippen molar-refractivity contribution in [3.05, 3.63) is 28.8 Å². The Balaban J connectivity index is 0.00000121. The van der Waals surface area contributed by atoms with E-state index in [1.807, 2.05) is 0 Å². The van der Waals surface area contributed by atoms with Gasteiger partial charge in [0.1, 0.15) is 0 Å². The van der Waals surface area contributed by atoms with E-state index in [1.165, 1.54) is 6.07 Å². The van der Waals surface area contributed by atoms with Gasteiger partial charge in [-0.25, -0.2) is 4.79 Å². The van der Waals surface area contributed by atoms with Crippen LogP contribution in [0, 0.1) is 0 Å². The number of aromatic carboxylic acids is 1. The second-order valence-corrected chi connectivity index (χ2v) is 2.39. The van der Waals surface area contributed by atoms with Crippen LogP contribution in [0.4, 0.5) is 5.69 Å². The first kappa shape index (κ1) is 11.1. The minimum atomic E-state index is -1.07. The molecule has 0 heterocycles. The van der Waals surface area contributed by atoms with E-state index in [9.17, 15) is 4.79 Å². The summed E-state index contributed by atoms with van der Waals surface area (Å²) in [5, 5.41) is 8.65. The Kier molecular flexibility index (Phi) is 3.86. The fraction of sp³-hybridized carbons (Fsp3) is 0. The highest BCUT2D eigenvalue weighted by Crippen LogP contribution is 2.22. The van der Waals surface area contributed by atoms with Gasteiger partial charge in [-0.2, -0.15) is 0 Å². The fourth-order valence-electron chi connectivity index (χ4n) is 0.715. The van der Waals surface area contributed by atoms with Crippen molar-refractivity contribution in [2.75, 3.05) is 5.73 Å². The highest BCUT2D eigenvalue weighted by atomic mass is 35.5.